The van der Waals surface area contributed by atoms with Gasteiger partial charge in [0.1, 0.15) is 0 Å². The van der Waals surface area contributed by atoms with E-state index in [0.29, 0.717) is 19.6 Å². The molecular weight excluding hydrogens is 318 g/mol. The molecule has 1 amide bonds. The highest BCUT2D eigenvalue weighted by Crippen LogP contribution is 2.39. The molecule has 0 unspecified atom stereocenters. The van der Waals surface area contributed by atoms with Crippen LogP contribution in [0.5, 0.6) is 0 Å². The van der Waals surface area contributed by atoms with Crippen molar-refractivity contribution in [3.05, 3.63) is 34.7 Å². The molecule has 0 radical (unpaired) electrons. The monoisotopic (exact) mass is 343 g/mol. The number of hydrogen-bond donors (Lipinski definition) is 2. The van der Waals surface area contributed by atoms with Crippen LogP contribution in [-0.4, -0.2) is 33.7 Å². The smallest absolute Gasteiger partial charge is 0.326 e. The number of amides is 1. The van der Waals surface area contributed by atoms with E-state index < -0.39 is 0 Å². The molecule has 2 aromatic rings. The van der Waals surface area contributed by atoms with E-state index in [0.717, 1.165) is 30.3 Å². The fraction of sp³-hybridized carbons (Fsp3) is 0.579. The van der Waals surface area contributed by atoms with Crippen LogP contribution < -0.4 is 11.0 Å². The molecule has 1 saturated heterocycles. The number of nitrogens with zero attached hydrogens (tertiary/aromatic N) is 1. The maximum Gasteiger partial charge on any atom is 0.326 e. The molecule has 1 aromatic carbocycles. The molecule has 134 valence electrons. The van der Waals surface area contributed by atoms with E-state index in [1.165, 1.54) is 19.3 Å². The minimum Gasteiger partial charge on any atom is -0.373 e. The van der Waals surface area contributed by atoms with Crippen molar-refractivity contribution in [3.8, 4) is 0 Å². The minimum absolute atomic E-state index is 0.00394. The number of ether oxygens (including phenoxy) is 1. The Bertz CT molecular complexity index is 817. The molecule has 0 bridgehead atoms. The van der Waals surface area contributed by atoms with Gasteiger partial charge in [0.05, 0.1) is 29.3 Å². The highest BCUT2D eigenvalue weighted by molar-refractivity contribution is 5.77. The standard InChI is InChI=1S/C19H25N3O3/c23-17(20-14-12-19(25-13-14)9-4-1-5-10-19)8-11-22-16-7-3-2-6-15(16)21-18(22)24/h2-3,6-7,14H,1,4-5,8-13H2,(H,20,23)(H,21,24)/t14-/m0/s1. The third-order valence-corrected chi connectivity index (χ3v) is 5.58. The lowest BCUT2D eigenvalue weighted by atomic mass is 9.82. The van der Waals surface area contributed by atoms with Crippen LogP contribution in [0.4, 0.5) is 0 Å². The third kappa shape index (κ3) is 3.35. The summed E-state index contributed by atoms with van der Waals surface area (Å²) in [7, 11) is 0. The van der Waals surface area contributed by atoms with Crippen molar-refractivity contribution < 1.29 is 9.53 Å². The second-order valence-corrected chi connectivity index (χ2v) is 7.37. The van der Waals surface area contributed by atoms with Crippen LogP contribution in [0.25, 0.3) is 11.0 Å². The Hall–Kier alpha value is -2.08. The van der Waals surface area contributed by atoms with Crippen LogP contribution in [0.1, 0.15) is 44.9 Å². The molecular formula is C19H25N3O3. The lowest BCUT2D eigenvalue weighted by Gasteiger charge is -2.32. The minimum atomic E-state index is -0.167. The summed E-state index contributed by atoms with van der Waals surface area (Å²) >= 11 is 0. The fourth-order valence-electron chi connectivity index (χ4n) is 4.32. The lowest BCUT2D eigenvalue weighted by Crippen LogP contribution is -2.38. The SMILES string of the molecule is O=C(CCn1c(=O)[nH]c2ccccc21)N[C@@H]1COC2(CCCCC2)C1. The fourth-order valence-corrected chi connectivity index (χ4v) is 4.32. The number of rotatable bonds is 4. The average Bonchev–Trinajstić information content (AvgIpc) is 3.14. The number of para-hydroxylation sites is 2. The Morgan fingerprint density at radius 1 is 1.28 bits per heavy atom. The summed E-state index contributed by atoms with van der Waals surface area (Å²) in [5.74, 6) is -0.0151. The highest BCUT2D eigenvalue weighted by atomic mass is 16.5. The van der Waals surface area contributed by atoms with Crippen molar-refractivity contribution in [3.63, 3.8) is 0 Å². The van der Waals surface area contributed by atoms with Gasteiger partial charge in [0.2, 0.25) is 5.91 Å². The summed E-state index contributed by atoms with van der Waals surface area (Å²) in [6.45, 7) is 0.992. The van der Waals surface area contributed by atoms with Gasteiger partial charge in [-0.05, 0) is 31.4 Å². The molecule has 1 atom stereocenters. The quantitative estimate of drug-likeness (QED) is 0.894. The molecule has 25 heavy (non-hydrogen) atoms. The molecule has 2 heterocycles. The Labute approximate surface area is 146 Å². The first-order valence-corrected chi connectivity index (χ1v) is 9.26. The van der Waals surface area contributed by atoms with Crippen LogP contribution in [0.3, 0.4) is 0 Å². The van der Waals surface area contributed by atoms with Crippen molar-refractivity contribution in [1.82, 2.24) is 14.9 Å². The molecule has 1 aliphatic heterocycles. The van der Waals surface area contributed by atoms with Crippen molar-refractivity contribution in [2.75, 3.05) is 6.61 Å². The van der Waals surface area contributed by atoms with Gasteiger partial charge in [-0.3, -0.25) is 9.36 Å². The summed E-state index contributed by atoms with van der Waals surface area (Å²) < 4.78 is 7.67. The summed E-state index contributed by atoms with van der Waals surface area (Å²) in [4.78, 5) is 27.2. The number of aryl methyl sites for hydroxylation is 1. The molecule has 1 aliphatic carbocycles. The number of carbonyl (C=O) groups is 1. The third-order valence-electron chi connectivity index (χ3n) is 5.58. The van der Waals surface area contributed by atoms with Gasteiger partial charge in [-0.25, -0.2) is 4.79 Å². The number of nitrogens with one attached hydrogen (secondary N) is 2. The predicted molar refractivity (Wildman–Crippen MR) is 95.5 cm³/mol. The van der Waals surface area contributed by atoms with E-state index in [2.05, 4.69) is 10.3 Å². The summed E-state index contributed by atoms with van der Waals surface area (Å²) in [6, 6.07) is 7.64. The Morgan fingerprint density at radius 3 is 2.92 bits per heavy atom. The van der Waals surface area contributed by atoms with E-state index in [1.807, 2.05) is 24.3 Å². The van der Waals surface area contributed by atoms with Crippen LogP contribution in [0, 0.1) is 0 Å². The van der Waals surface area contributed by atoms with E-state index in [1.54, 1.807) is 4.57 Å². The normalized spacial score (nSPS) is 22.5. The van der Waals surface area contributed by atoms with Gasteiger partial charge in [-0.2, -0.15) is 0 Å². The maximum atomic E-state index is 12.3. The second-order valence-electron chi connectivity index (χ2n) is 7.37. The van der Waals surface area contributed by atoms with Crippen molar-refractivity contribution in [1.29, 1.82) is 0 Å². The van der Waals surface area contributed by atoms with Gasteiger partial charge >= 0.3 is 5.69 Å². The van der Waals surface area contributed by atoms with E-state index >= 15 is 0 Å². The van der Waals surface area contributed by atoms with Crippen molar-refractivity contribution in [2.45, 2.75) is 63.1 Å². The molecule has 2 N–H and O–H groups in total. The van der Waals surface area contributed by atoms with Gasteiger partial charge in [0.25, 0.3) is 0 Å². The largest absolute Gasteiger partial charge is 0.373 e. The van der Waals surface area contributed by atoms with Crippen LogP contribution in [0.2, 0.25) is 0 Å². The summed E-state index contributed by atoms with van der Waals surface area (Å²) in [5, 5.41) is 3.09. The Kier molecular flexibility index (Phi) is 4.37. The zero-order chi connectivity index (χ0) is 17.3. The van der Waals surface area contributed by atoms with Crippen LogP contribution in [0.15, 0.2) is 29.1 Å². The van der Waals surface area contributed by atoms with Crippen LogP contribution in [-0.2, 0) is 16.1 Å². The van der Waals surface area contributed by atoms with Crippen molar-refractivity contribution >= 4 is 16.9 Å². The molecule has 6 nitrogen and oxygen atoms in total. The molecule has 2 fully saturated rings. The van der Waals surface area contributed by atoms with E-state index in [-0.39, 0.29) is 23.2 Å². The molecule has 1 spiro atoms. The Morgan fingerprint density at radius 2 is 2.08 bits per heavy atom. The molecule has 6 heteroatoms. The first-order valence-electron chi connectivity index (χ1n) is 9.26. The molecule has 4 rings (SSSR count). The predicted octanol–water partition coefficient (Wildman–Crippen LogP) is 2.33. The first kappa shape index (κ1) is 16.4. The number of aromatic nitrogens is 2. The average molecular weight is 343 g/mol. The zero-order valence-corrected chi connectivity index (χ0v) is 14.4. The van der Waals surface area contributed by atoms with Gasteiger partial charge < -0.3 is 15.0 Å². The molecule has 2 aliphatic rings. The summed E-state index contributed by atoms with van der Waals surface area (Å²) in [6.07, 6.45) is 7.20. The number of carbonyl (C=O) groups excluding carboxylic acids is 1. The number of H-pyrrole nitrogens is 1. The van der Waals surface area contributed by atoms with Gasteiger partial charge in [0.15, 0.2) is 0 Å². The number of aromatic amines is 1. The van der Waals surface area contributed by atoms with Crippen molar-refractivity contribution in [2.24, 2.45) is 0 Å². The number of hydrogen-bond acceptors (Lipinski definition) is 3. The first-order chi connectivity index (χ1) is 12.2. The second kappa shape index (κ2) is 6.67. The number of benzene rings is 1. The highest BCUT2D eigenvalue weighted by Gasteiger charge is 2.41. The van der Waals surface area contributed by atoms with Gasteiger partial charge in [0, 0.05) is 13.0 Å². The number of imidazole rings is 1. The summed E-state index contributed by atoms with van der Waals surface area (Å²) in [5.41, 5.74) is 1.48. The van der Waals surface area contributed by atoms with Gasteiger partial charge in [-0.1, -0.05) is 31.4 Å². The Balaban J connectivity index is 1.34. The van der Waals surface area contributed by atoms with Gasteiger partial charge in [-0.15, -0.1) is 0 Å². The zero-order valence-electron chi connectivity index (χ0n) is 14.4. The van der Waals surface area contributed by atoms with Crippen LogP contribution >= 0.6 is 0 Å². The topological polar surface area (TPSA) is 76.1 Å². The lowest BCUT2D eigenvalue weighted by molar-refractivity contribution is -0.122. The maximum absolute atomic E-state index is 12.3. The van der Waals surface area contributed by atoms with E-state index in [9.17, 15) is 9.59 Å². The molecule has 1 aromatic heterocycles. The number of fused-ring (bicyclic) bond motifs is 1. The van der Waals surface area contributed by atoms with E-state index in [4.69, 9.17) is 4.74 Å². The molecule has 1 saturated carbocycles.